The number of methoxy groups -OCH3 is 2. The fourth-order valence-corrected chi connectivity index (χ4v) is 3.70. The standard InChI is InChI=1S/C23H19F3N2O4S/c1-31-17-10-7-13(11-18(17)32-2)27-20(29)12-33-19-6-4-3-5-14(19)23(30)28-16-9-8-15(24)21(25)22(16)26/h3-11H,12H2,1-2H3,(H,27,29)(H,28,30). The molecule has 0 radical (unpaired) electrons. The fourth-order valence-electron chi connectivity index (χ4n) is 2.85. The molecule has 0 spiro atoms. The Kier molecular flexibility index (Phi) is 7.83. The van der Waals surface area contributed by atoms with Gasteiger partial charge in [-0.25, -0.2) is 13.2 Å². The second-order valence-corrected chi connectivity index (χ2v) is 7.60. The van der Waals surface area contributed by atoms with Crippen LogP contribution in [-0.2, 0) is 4.79 Å². The van der Waals surface area contributed by atoms with Gasteiger partial charge in [-0.05, 0) is 36.4 Å². The first-order valence-electron chi connectivity index (χ1n) is 9.52. The van der Waals surface area contributed by atoms with Crippen LogP contribution in [0, 0.1) is 17.5 Å². The van der Waals surface area contributed by atoms with E-state index in [2.05, 4.69) is 10.6 Å². The van der Waals surface area contributed by atoms with E-state index in [0.717, 1.165) is 17.8 Å². The minimum absolute atomic E-state index is 0.0296. The van der Waals surface area contributed by atoms with E-state index in [0.29, 0.717) is 28.1 Å². The summed E-state index contributed by atoms with van der Waals surface area (Å²) < 4.78 is 50.8. The third kappa shape index (κ3) is 5.78. The Morgan fingerprint density at radius 2 is 1.61 bits per heavy atom. The average molecular weight is 476 g/mol. The van der Waals surface area contributed by atoms with Gasteiger partial charge < -0.3 is 20.1 Å². The highest BCUT2D eigenvalue weighted by atomic mass is 32.2. The van der Waals surface area contributed by atoms with Crippen LogP contribution in [0.25, 0.3) is 0 Å². The molecule has 0 bridgehead atoms. The molecule has 0 aliphatic rings. The van der Waals surface area contributed by atoms with Gasteiger partial charge in [-0.1, -0.05) is 12.1 Å². The van der Waals surface area contributed by atoms with Crippen molar-refractivity contribution in [1.29, 1.82) is 0 Å². The van der Waals surface area contributed by atoms with Gasteiger partial charge in [-0.3, -0.25) is 9.59 Å². The highest BCUT2D eigenvalue weighted by Crippen LogP contribution is 2.30. The molecule has 33 heavy (non-hydrogen) atoms. The highest BCUT2D eigenvalue weighted by molar-refractivity contribution is 8.00. The lowest BCUT2D eigenvalue weighted by molar-refractivity contribution is -0.113. The maximum Gasteiger partial charge on any atom is 0.256 e. The maximum absolute atomic E-state index is 13.9. The predicted octanol–water partition coefficient (Wildman–Crippen LogP) is 5.10. The number of hydrogen-bond acceptors (Lipinski definition) is 5. The molecule has 3 rings (SSSR count). The molecule has 10 heteroatoms. The highest BCUT2D eigenvalue weighted by Gasteiger charge is 2.18. The van der Waals surface area contributed by atoms with Crippen LogP contribution in [0.2, 0.25) is 0 Å². The van der Waals surface area contributed by atoms with Crippen molar-refractivity contribution in [2.75, 3.05) is 30.6 Å². The second kappa shape index (κ2) is 10.8. The summed E-state index contributed by atoms with van der Waals surface area (Å²) in [7, 11) is 2.98. The van der Waals surface area contributed by atoms with E-state index in [-0.39, 0.29) is 17.2 Å². The number of ether oxygens (including phenoxy) is 2. The van der Waals surface area contributed by atoms with Gasteiger partial charge in [0.25, 0.3) is 5.91 Å². The Hall–Kier alpha value is -3.66. The van der Waals surface area contributed by atoms with Crippen molar-refractivity contribution >= 4 is 35.0 Å². The van der Waals surface area contributed by atoms with Crippen LogP contribution >= 0.6 is 11.8 Å². The summed E-state index contributed by atoms with van der Waals surface area (Å²) in [5.41, 5.74) is 0.147. The zero-order valence-electron chi connectivity index (χ0n) is 17.6. The van der Waals surface area contributed by atoms with Crippen molar-refractivity contribution in [2.45, 2.75) is 4.90 Å². The molecule has 0 saturated carbocycles. The number of amides is 2. The molecular weight excluding hydrogens is 457 g/mol. The largest absolute Gasteiger partial charge is 0.493 e. The number of hydrogen-bond donors (Lipinski definition) is 2. The van der Waals surface area contributed by atoms with Gasteiger partial charge >= 0.3 is 0 Å². The van der Waals surface area contributed by atoms with Crippen molar-refractivity contribution in [3.05, 3.63) is 77.6 Å². The number of rotatable bonds is 8. The van der Waals surface area contributed by atoms with Crippen molar-refractivity contribution in [3.63, 3.8) is 0 Å². The molecular formula is C23H19F3N2O4S. The van der Waals surface area contributed by atoms with Crippen molar-refractivity contribution in [2.24, 2.45) is 0 Å². The van der Waals surface area contributed by atoms with Crippen LogP contribution in [0.5, 0.6) is 11.5 Å². The first-order chi connectivity index (χ1) is 15.8. The van der Waals surface area contributed by atoms with E-state index in [4.69, 9.17) is 9.47 Å². The lowest BCUT2D eigenvalue weighted by Gasteiger charge is -2.12. The van der Waals surface area contributed by atoms with E-state index in [1.807, 2.05) is 0 Å². The molecule has 2 N–H and O–H groups in total. The Morgan fingerprint density at radius 1 is 0.879 bits per heavy atom. The van der Waals surface area contributed by atoms with Gasteiger partial charge in [0, 0.05) is 16.6 Å². The summed E-state index contributed by atoms with van der Waals surface area (Å²) in [6, 6.07) is 12.9. The van der Waals surface area contributed by atoms with Crippen LogP contribution in [-0.4, -0.2) is 31.8 Å². The van der Waals surface area contributed by atoms with Gasteiger partial charge in [0.1, 0.15) is 0 Å². The van der Waals surface area contributed by atoms with E-state index < -0.39 is 29.0 Å². The molecule has 0 aliphatic heterocycles. The van der Waals surface area contributed by atoms with Crippen LogP contribution in [0.3, 0.4) is 0 Å². The topological polar surface area (TPSA) is 76.7 Å². The molecule has 0 aromatic heterocycles. The first kappa shape index (κ1) is 24.0. The third-order valence-electron chi connectivity index (χ3n) is 4.44. The monoisotopic (exact) mass is 476 g/mol. The molecule has 3 aromatic carbocycles. The van der Waals surface area contributed by atoms with Crippen LogP contribution < -0.4 is 20.1 Å². The van der Waals surface area contributed by atoms with Gasteiger partial charge in [0.05, 0.1) is 31.2 Å². The lowest BCUT2D eigenvalue weighted by Crippen LogP contribution is -2.16. The summed E-state index contributed by atoms with van der Waals surface area (Å²) in [4.78, 5) is 25.5. The Balaban J connectivity index is 1.68. The normalized spacial score (nSPS) is 10.5. The molecule has 0 saturated heterocycles. The molecule has 0 aliphatic carbocycles. The summed E-state index contributed by atoms with van der Waals surface area (Å²) in [5, 5.41) is 4.95. The predicted molar refractivity (Wildman–Crippen MR) is 120 cm³/mol. The van der Waals surface area contributed by atoms with Gasteiger partial charge in [0.2, 0.25) is 5.91 Å². The third-order valence-corrected chi connectivity index (χ3v) is 5.51. The second-order valence-electron chi connectivity index (χ2n) is 6.58. The van der Waals surface area contributed by atoms with Gasteiger partial charge in [-0.15, -0.1) is 11.8 Å². The molecule has 0 atom stereocenters. The summed E-state index contributed by atoms with van der Waals surface area (Å²) in [6.07, 6.45) is 0. The number of nitrogens with one attached hydrogen (secondary N) is 2. The first-order valence-corrected chi connectivity index (χ1v) is 10.5. The number of anilines is 2. The molecule has 0 fully saturated rings. The molecule has 172 valence electrons. The number of halogens is 3. The SMILES string of the molecule is COc1ccc(NC(=O)CSc2ccccc2C(=O)Nc2ccc(F)c(F)c2F)cc1OC. The Bertz CT molecular complexity index is 1190. The summed E-state index contributed by atoms with van der Waals surface area (Å²) in [6.45, 7) is 0. The van der Waals surface area contributed by atoms with Gasteiger partial charge in [0.15, 0.2) is 29.0 Å². The van der Waals surface area contributed by atoms with Crippen LogP contribution in [0.1, 0.15) is 10.4 Å². The summed E-state index contributed by atoms with van der Waals surface area (Å²) >= 11 is 1.08. The van der Waals surface area contributed by atoms with E-state index in [1.165, 1.54) is 20.3 Å². The summed E-state index contributed by atoms with van der Waals surface area (Å²) in [5.74, 6) is -4.67. The molecule has 2 amide bonds. The van der Waals surface area contributed by atoms with E-state index in [9.17, 15) is 22.8 Å². The number of benzene rings is 3. The van der Waals surface area contributed by atoms with Crippen LogP contribution in [0.15, 0.2) is 59.5 Å². The minimum Gasteiger partial charge on any atom is -0.493 e. The quantitative estimate of drug-likeness (QED) is 0.349. The van der Waals surface area contributed by atoms with Crippen molar-refractivity contribution in [3.8, 4) is 11.5 Å². The maximum atomic E-state index is 13.9. The molecule has 6 nitrogen and oxygen atoms in total. The van der Waals surface area contributed by atoms with E-state index in [1.54, 1.807) is 36.4 Å². The van der Waals surface area contributed by atoms with E-state index >= 15 is 0 Å². The Morgan fingerprint density at radius 3 is 2.33 bits per heavy atom. The van der Waals surface area contributed by atoms with Crippen molar-refractivity contribution in [1.82, 2.24) is 0 Å². The van der Waals surface area contributed by atoms with Crippen LogP contribution in [0.4, 0.5) is 24.5 Å². The average Bonchev–Trinajstić information content (AvgIpc) is 2.83. The lowest BCUT2D eigenvalue weighted by atomic mass is 10.2. The number of carbonyl (C=O) groups excluding carboxylic acids is 2. The number of carbonyl (C=O) groups is 2. The molecule has 3 aromatic rings. The Labute approximate surface area is 192 Å². The molecule has 0 heterocycles. The van der Waals surface area contributed by atoms with Gasteiger partial charge in [-0.2, -0.15) is 0 Å². The zero-order valence-corrected chi connectivity index (χ0v) is 18.4. The number of thioether (sulfide) groups is 1. The minimum atomic E-state index is -1.68. The van der Waals surface area contributed by atoms with Crippen molar-refractivity contribution < 1.29 is 32.2 Å². The zero-order chi connectivity index (χ0) is 24.0. The smallest absolute Gasteiger partial charge is 0.256 e. The fraction of sp³-hybridized carbons (Fsp3) is 0.130. The molecule has 0 unspecified atom stereocenters.